The first-order valence-corrected chi connectivity index (χ1v) is 8.80. The number of hydrogen-bond donors (Lipinski definition) is 1. The van der Waals surface area contributed by atoms with E-state index in [4.69, 9.17) is 22.1 Å². The summed E-state index contributed by atoms with van der Waals surface area (Å²) in [5, 5.41) is 0.285. The van der Waals surface area contributed by atoms with Gasteiger partial charge in [0, 0.05) is 18.6 Å². The standard InChI is InChI=1S/C14H21ClN2O3S.ClH/c1-10(16)13-5-3-4-8-17(13)21(18,19)11-6-7-14(20-2)12(15)9-11;/h6-7,9-10,13H,3-5,8,16H2,1-2H3;1H. The molecule has 22 heavy (non-hydrogen) atoms. The van der Waals surface area contributed by atoms with Crippen LogP contribution in [0.2, 0.25) is 5.02 Å². The summed E-state index contributed by atoms with van der Waals surface area (Å²) in [6, 6.07) is 4.16. The third kappa shape index (κ3) is 3.86. The van der Waals surface area contributed by atoms with Crippen molar-refractivity contribution in [1.29, 1.82) is 0 Å². The van der Waals surface area contributed by atoms with Crippen molar-refractivity contribution in [1.82, 2.24) is 4.31 Å². The molecule has 0 aromatic heterocycles. The zero-order valence-corrected chi connectivity index (χ0v) is 15.0. The molecule has 0 bridgehead atoms. The zero-order valence-electron chi connectivity index (χ0n) is 12.7. The van der Waals surface area contributed by atoms with E-state index < -0.39 is 10.0 Å². The predicted octanol–water partition coefficient (Wildman–Crippen LogP) is 2.66. The smallest absolute Gasteiger partial charge is 0.243 e. The molecule has 2 rings (SSSR count). The molecule has 1 saturated heterocycles. The minimum atomic E-state index is -3.59. The molecule has 0 amide bonds. The largest absolute Gasteiger partial charge is 0.495 e. The van der Waals surface area contributed by atoms with E-state index in [1.165, 1.54) is 23.5 Å². The van der Waals surface area contributed by atoms with Crippen molar-refractivity contribution < 1.29 is 13.2 Å². The van der Waals surface area contributed by atoms with Crippen molar-refractivity contribution in [3.05, 3.63) is 23.2 Å². The average molecular weight is 369 g/mol. The maximum Gasteiger partial charge on any atom is 0.243 e. The van der Waals surface area contributed by atoms with Gasteiger partial charge in [0.05, 0.1) is 17.0 Å². The molecule has 0 radical (unpaired) electrons. The van der Waals surface area contributed by atoms with Gasteiger partial charge in [-0.3, -0.25) is 0 Å². The fraction of sp³-hybridized carbons (Fsp3) is 0.571. The summed E-state index contributed by atoms with van der Waals surface area (Å²) in [5.74, 6) is 0.456. The van der Waals surface area contributed by atoms with Crippen LogP contribution in [0.4, 0.5) is 0 Å². The van der Waals surface area contributed by atoms with Gasteiger partial charge in [-0.2, -0.15) is 4.31 Å². The first-order valence-electron chi connectivity index (χ1n) is 6.99. The van der Waals surface area contributed by atoms with E-state index in [2.05, 4.69) is 0 Å². The summed E-state index contributed by atoms with van der Waals surface area (Å²) in [6.45, 7) is 2.34. The molecule has 0 spiro atoms. The molecule has 8 heteroatoms. The number of ether oxygens (including phenoxy) is 1. The van der Waals surface area contributed by atoms with Crippen LogP contribution < -0.4 is 10.5 Å². The van der Waals surface area contributed by atoms with Crippen molar-refractivity contribution in [2.24, 2.45) is 5.73 Å². The molecule has 1 aliphatic heterocycles. The van der Waals surface area contributed by atoms with Crippen LogP contribution in [-0.2, 0) is 10.0 Å². The average Bonchev–Trinajstić information content (AvgIpc) is 2.47. The van der Waals surface area contributed by atoms with Gasteiger partial charge in [0.25, 0.3) is 0 Å². The molecule has 1 aromatic carbocycles. The molecule has 1 aromatic rings. The maximum absolute atomic E-state index is 12.8. The number of sulfonamides is 1. The molecule has 2 unspecified atom stereocenters. The number of halogens is 2. The van der Waals surface area contributed by atoms with E-state index >= 15 is 0 Å². The monoisotopic (exact) mass is 368 g/mol. The maximum atomic E-state index is 12.8. The molecule has 5 nitrogen and oxygen atoms in total. The topological polar surface area (TPSA) is 72.6 Å². The Balaban J connectivity index is 0.00000242. The van der Waals surface area contributed by atoms with Crippen LogP contribution in [0.1, 0.15) is 26.2 Å². The SMILES string of the molecule is COc1ccc(S(=O)(=O)N2CCCCC2C(C)N)cc1Cl.Cl. The summed E-state index contributed by atoms with van der Waals surface area (Å²) in [4.78, 5) is 0.181. The van der Waals surface area contributed by atoms with Gasteiger partial charge in [-0.05, 0) is 38.0 Å². The number of nitrogens with two attached hydrogens (primary N) is 1. The minimum absolute atomic E-state index is 0. The van der Waals surface area contributed by atoms with E-state index in [-0.39, 0.29) is 34.4 Å². The predicted molar refractivity (Wildman–Crippen MR) is 90.4 cm³/mol. The molecule has 126 valence electrons. The second kappa shape index (κ2) is 7.84. The van der Waals surface area contributed by atoms with Gasteiger partial charge >= 0.3 is 0 Å². The first-order chi connectivity index (χ1) is 9.87. The molecule has 1 fully saturated rings. The summed E-state index contributed by atoms with van der Waals surface area (Å²) in [7, 11) is -2.10. The van der Waals surface area contributed by atoms with E-state index in [9.17, 15) is 8.42 Å². The van der Waals surface area contributed by atoms with Gasteiger partial charge in [-0.1, -0.05) is 18.0 Å². The minimum Gasteiger partial charge on any atom is -0.495 e. The Morgan fingerprint density at radius 2 is 2.09 bits per heavy atom. The molecule has 0 saturated carbocycles. The van der Waals surface area contributed by atoms with Gasteiger partial charge in [0.15, 0.2) is 0 Å². The van der Waals surface area contributed by atoms with E-state index in [0.29, 0.717) is 12.3 Å². The van der Waals surface area contributed by atoms with Crippen molar-refractivity contribution in [3.63, 3.8) is 0 Å². The lowest BCUT2D eigenvalue weighted by Crippen LogP contribution is -2.51. The van der Waals surface area contributed by atoms with Crippen molar-refractivity contribution in [2.75, 3.05) is 13.7 Å². The third-order valence-corrected chi connectivity index (χ3v) is 6.05. The molecule has 1 heterocycles. The Labute approximate surface area is 143 Å². The molecule has 0 aliphatic carbocycles. The van der Waals surface area contributed by atoms with Crippen molar-refractivity contribution in [3.8, 4) is 5.75 Å². The number of nitrogens with zero attached hydrogens (tertiary/aromatic N) is 1. The Hall–Kier alpha value is -0.530. The van der Waals surface area contributed by atoms with Crippen LogP contribution in [0, 0.1) is 0 Å². The summed E-state index contributed by atoms with van der Waals surface area (Å²) >= 11 is 6.04. The molecular weight excluding hydrogens is 347 g/mol. The second-order valence-electron chi connectivity index (χ2n) is 5.33. The Morgan fingerprint density at radius 3 is 2.64 bits per heavy atom. The number of benzene rings is 1. The van der Waals surface area contributed by atoms with Gasteiger partial charge in [-0.25, -0.2) is 8.42 Å². The lowest BCUT2D eigenvalue weighted by Gasteiger charge is -2.36. The fourth-order valence-corrected chi connectivity index (χ4v) is 4.82. The third-order valence-electron chi connectivity index (χ3n) is 3.84. The van der Waals surface area contributed by atoms with Crippen molar-refractivity contribution >= 4 is 34.0 Å². The first kappa shape index (κ1) is 19.5. The van der Waals surface area contributed by atoms with Crippen LogP contribution in [-0.4, -0.2) is 38.5 Å². The number of piperidine rings is 1. The van der Waals surface area contributed by atoms with Crippen LogP contribution in [0.3, 0.4) is 0 Å². The van der Waals surface area contributed by atoms with E-state index in [0.717, 1.165) is 19.3 Å². The highest BCUT2D eigenvalue weighted by Crippen LogP contribution is 2.31. The van der Waals surface area contributed by atoms with Crippen LogP contribution in [0.25, 0.3) is 0 Å². The quantitative estimate of drug-likeness (QED) is 0.886. The van der Waals surface area contributed by atoms with Crippen LogP contribution in [0.5, 0.6) is 5.75 Å². The highest BCUT2D eigenvalue weighted by atomic mass is 35.5. The molecule has 2 atom stereocenters. The summed E-state index contributed by atoms with van der Waals surface area (Å²) < 4.78 is 32.2. The fourth-order valence-electron chi connectivity index (χ4n) is 2.70. The van der Waals surface area contributed by atoms with Gasteiger partial charge in [0.1, 0.15) is 5.75 Å². The van der Waals surface area contributed by atoms with Gasteiger partial charge in [0.2, 0.25) is 10.0 Å². The number of rotatable bonds is 4. The second-order valence-corrected chi connectivity index (χ2v) is 7.63. The molecule has 1 aliphatic rings. The highest BCUT2D eigenvalue weighted by molar-refractivity contribution is 7.89. The van der Waals surface area contributed by atoms with Gasteiger partial charge < -0.3 is 10.5 Å². The Bertz CT molecular complexity index is 608. The summed E-state index contributed by atoms with van der Waals surface area (Å²) in [5.41, 5.74) is 5.96. The summed E-state index contributed by atoms with van der Waals surface area (Å²) in [6.07, 6.45) is 2.65. The van der Waals surface area contributed by atoms with Gasteiger partial charge in [-0.15, -0.1) is 12.4 Å². The number of hydrogen-bond acceptors (Lipinski definition) is 4. The molecular formula is C14H22Cl2N2O3S. The lowest BCUT2D eigenvalue weighted by molar-refractivity contribution is 0.227. The Morgan fingerprint density at radius 1 is 1.41 bits per heavy atom. The van der Waals surface area contributed by atoms with E-state index in [1.807, 2.05) is 6.92 Å². The molecule has 2 N–H and O–H groups in total. The Kier molecular flexibility index (Phi) is 6.95. The van der Waals surface area contributed by atoms with E-state index in [1.54, 1.807) is 6.07 Å². The lowest BCUT2D eigenvalue weighted by atomic mass is 10.00. The zero-order chi connectivity index (χ0) is 15.6. The van der Waals surface area contributed by atoms with Crippen molar-refractivity contribution in [2.45, 2.75) is 43.2 Å². The highest BCUT2D eigenvalue weighted by Gasteiger charge is 2.35. The number of methoxy groups -OCH3 is 1. The van der Waals surface area contributed by atoms with Crippen LogP contribution in [0.15, 0.2) is 23.1 Å². The normalized spacial score (nSPS) is 21.0. The van der Waals surface area contributed by atoms with Crippen LogP contribution >= 0.6 is 24.0 Å².